The molecule has 1 saturated carbocycles. The highest BCUT2D eigenvalue weighted by atomic mass is 32.1. The fourth-order valence-corrected chi connectivity index (χ4v) is 1.28. The summed E-state index contributed by atoms with van der Waals surface area (Å²) in [6, 6.07) is 0.571. The highest BCUT2D eigenvalue weighted by Gasteiger charge is 2.21. The van der Waals surface area contributed by atoms with Crippen LogP contribution in [0.15, 0.2) is 4.52 Å². The predicted octanol–water partition coefficient (Wildman–Crippen LogP) is 0.505. The van der Waals surface area contributed by atoms with Crippen LogP contribution < -0.4 is 10.6 Å². The molecule has 1 aromatic heterocycles. The molecule has 0 atom stereocenters. The molecule has 76 valence electrons. The summed E-state index contributed by atoms with van der Waals surface area (Å²) in [5.74, 6) is 1.20. The highest BCUT2D eigenvalue weighted by Crippen LogP contribution is 2.18. The van der Waals surface area contributed by atoms with Crippen LogP contribution in [-0.2, 0) is 6.54 Å². The fraction of sp³-hybridized carbons (Fsp3) is 0.625. The average molecular weight is 212 g/mol. The molecule has 5 nitrogen and oxygen atoms in total. The minimum Gasteiger partial charge on any atom is -0.360 e. The van der Waals surface area contributed by atoms with Crippen LogP contribution in [0.2, 0.25) is 0 Å². The monoisotopic (exact) mass is 212 g/mol. The zero-order valence-electron chi connectivity index (χ0n) is 7.91. The molecule has 14 heavy (non-hydrogen) atoms. The highest BCUT2D eigenvalue weighted by molar-refractivity contribution is 7.80. The molecule has 0 unspecified atom stereocenters. The maximum atomic E-state index is 5.07. The first-order valence-electron chi connectivity index (χ1n) is 4.57. The summed E-state index contributed by atoms with van der Waals surface area (Å²) in [4.78, 5) is 4.05. The molecule has 2 rings (SSSR count). The number of nitrogens with zero attached hydrogens (tertiary/aromatic N) is 2. The Labute approximate surface area is 87.3 Å². The van der Waals surface area contributed by atoms with E-state index in [0.717, 1.165) is 0 Å². The number of aryl methyl sites for hydroxylation is 1. The van der Waals surface area contributed by atoms with Crippen LogP contribution in [0.5, 0.6) is 0 Å². The van der Waals surface area contributed by atoms with Crippen LogP contribution in [0, 0.1) is 6.92 Å². The van der Waals surface area contributed by atoms with Crippen LogP contribution in [0.4, 0.5) is 0 Å². The number of nitrogens with one attached hydrogen (secondary N) is 2. The van der Waals surface area contributed by atoms with E-state index in [-0.39, 0.29) is 0 Å². The van der Waals surface area contributed by atoms with Crippen LogP contribution in [0.1, 0.15) is 24.6 Å². The lowest BCUT2D eigenvalue weighted by atomic mass is 10.6. The van der Waals surface area contributed by atoms with Gasteiger partial charge >= 0.3 is 0 Å². The lowest BCUT2D eigenvalue weighted by Crippen LogP contribution is -2.36. The molecular formula is C8H12N4OS. The average Bonchev–Trinajstić information content (AvgIpc) is 2.85. The molecule has 1 heterocycles. The second kappa shape index (κ2) is 3.91. The number of hydrogen-bond acceptors (Lipinski definition) is 4. The van der Waals surface area contributed by atoms with Crippen molar-refractivity contribution in [2.45, 2.75) is 32.4 Å². The first kappa shape index (κ1) is 9.39. The summed E-state index contributed by atoms with van der Waals surface area (Å²) < 4.78 is 4.83. The van der Waals surface area contributed by atoms with Crippen molar-refractivity contribution >= 4 is 17.3 Å². The van der Waals surface area contributed by atoms with Gasteiger partial charge in [0.05, 0.1) is 6.54 Å². The van der Waals surface area contributed by atoms with E-state index >= 15 is 0 Å². The third-order valence-corrected chi connectivity index (χ3v) is 2.15. The molecule has 0 aromatic carbocycles. The van der Waals surface area contributed by atoms with Gasteiger partial charge in [0.1, 0.15) is 0 Å². The maximum absolute atomic E-state index is 5.07. The van der Waals surface area contributed by atoms with Gasteiger partial charge in [-0.15, -0.1) is 0 Å². The van der Waals surface area contributed by atoms with Gasteiger partial charge in [0.2, 0.25) is 5.89 Å². The minimum atomic E-state index is 0.510. The Bertz CT molecular complexity index is 334. The zero-order chi connectivity index (χ0) is 9.97. The topological polar surface area (TPSA) is 63.0 Å². The SMILES string of the molecule is Cc1nc(CNC(=S)NC2CC2)no1. The van der Waals surface area contributed by atoms with Crippen molar-refractivity contribution in [1.29, 1.82) is 0 Å². The number of rotatable bonds is 3. The van der Waals surface area contributed by atoms with E-state index in [1.165, 1.54) is 12.8 Å². The lowest BCUT2D eigenvalue weighted by Gasteiger charge is -2.06. The summed E-state index contributed by atoms with van der Waals surface area (Å²) in [6.07, 6.45) is 2.42. The van der Waals surface area contributed by atoms with Gasteiger partial charge in [0, 0.05) is 13.0 Å². The van der Waals surface area contributed by atoms with Crippen LogP contribution in [0.3, 0.4) is 0 Å². The number of hydrogen-bond donors (Lipinski definition) is 2. The first-order valence-corrected chi connectivity index (χ1v) is 4.98. The third kappa shape index (κ3) is 2.66. The van der Waals surface area contributed by atoms with Gasteiger partial charge in [-0.25, -0.2) is 0 Å². The Morgan fingerprint density at radius 3 is 3.00 bits per heavy atom. The van der Waals surface area contributed by atoms with E-state index in [1.807, 2.05) is 0 Å². The van der Waals surface area contributed by atoms with Crippen molar-refractivity contribution < 1.29 is 4.52 Å². The van der Waals surface area contributed by atoms with E-state index in [2.05, 4.69) is 20.8 Å². The lowest BCUT2D eigenvalue weighted by molar-refractivity contribution is 0.387. The van der Waals surface area contributed by atoms with Crippen molar-refractivity contribution in [3.05, 3.63) is 11.7 Å². The van der Waals surface area contributed by atoms with E-state index in [4.69, 9.17) is 16.7 Å². The molecule has 2 N–H and O–H groups in total. The molecular weight excluding hydrogens is 200 g/mol. The van der Waals surface area contributed by atoms with Gasteiger partial charge in [0.15, 0.2) is 10.9 Å². The van der Waals surface area contributed by atoms with E-state index < -0.39 is 0 Å². The standard InChI is InChI=1S/C8H12N4OS/c1-5-10-7(12-13-5)4-9-8(14)11-6-2-3-6/h6H,2-4H2,1H3,(H2,9,11,14). The summed E-state index contributed by atoms with van der Waals surface area (Å²) >= 11 is 5.07. The van der Waals surface area contributed by atoms with Crippen molar-refractivity contribution in [3.8, 4) is 0 Å². The molecule has 1 aromatic rings. The molecule has 1 aliphatic rings. The van der Waals surface area contributed by atoms with Gasteiger partial charge in [-0.1, -0.05) is 5.16 Å². The summed E-state index contributed by atoms with van der Waals surface area (Å²) in [6.45, 7) is 2.27. The third-order valence-electron chi connectivity index (χ3n) is 1.89. The molecule has 1 fully saturated rings. The van der Waals surface area contributed by atoms with Crippen LogP contribution in [-0.4, -0.2) is 21.3 Å². The van der Waals surface area contributed by atoms with Gasteiger partial charge in [-0.3, -0.25) is 0 Å². The Morgan fingerprint density at radius 1 is 1.64 bits per heavy atom. The molecule has 0 amide bonds. The Morgan fingerprint density at radius 2 is 2.43 bits per heavy atom. The zero-order valence-corrected chi connectivity index (χ0v) is 8.73. The minimum absolute atomic E-state index is 0.510. The Balaban J connectivity index is 1.73. The van der Waals surface area contributed by atoms with Crippen molar-refractivity contribution in [2.24, 2.45) is 0 Å². The largest absolute Gasteiger partial charge is 0.360 e. The van der Waals surface area contributed by atoms with E-state index in [0.29, 0.717) is 29.4 Å². The number of thiocarbonyl (C=S) groups is 1. The van der Waals surface area contributed by atoms with E-state index in [9.17, 15) is 0 Å². The van der Waals surface area contributed by atoms with Gasteiger partial charge in [-0.05, 0) is 25.1 Å². The molecule has 6 heteroatoms. The van der Waals surface area contributed by atoms with Gasteiger partial charge < -0.3 is 15.2 Å². The molecule has 0 radical (unpaired) electrons. The second-order valence-corrected chi connectivity index (χ2v) is 3.74. The summed E-state index contributed by atoms with van der Waals surface area (Å²) in [5.41, 5.74) is 0. The van der Waals surface area contributed by atoms with Crippen molar-refractivity contribution in [1.82, 2.24) is 20.8 Å². The Hall–Kier alpha value is -1.17. The fourth-order valence-electron chi connectivity index (χ4n) is 1.04. The molecule has 0 bridgehead atoms. The van der Waals surface area contributed by atoms with Gasteiger partial charge in [0.25, 0.3) is 0 Å². The molecule has 0 saturated heterocycles. The normalized spacial score (nSPS) is 15.2. The molecule has 0 aliphatic heterocycles. The smallest absolute Gasteiger partial charge is 0.223 e. The maximum Gasteiger partial charge on any atom is 0.223 e. The first-order chi connectivity index (χ1) is 6.74. The second-order valence-electron chi connectivity index (χ2n) is 3.33. The quantitative estimate of drug-likeness (QED) is 0.712. The van der Waals surface area contributed by atoms with Gasteiger partial charge in [-0.2, -0.15) is 4.98 Å². The molecule has 1 aliphatic carbocycles. The van der Waals surface area contributed by atoms with E-state index in [1.54, 1.807) is 6.92 Å². The predicted molar refractivity (Wildman–Crippen MR) is 54.6 cm³/mol. The summed E-state index contributed by atoms with van der Waals surface area (Å²) in [7, 11) is 0. The molecule has 0 spiro atoms. The van der Waals surface area contributed by atoms with Crippen LogP contribution >= 0.6 is 12.2 Å². The number of aromatic nitrogens is 2. The summed E-state index contributed by atoms with van der Waals surface area (Å²) in [5, 5.41) is 10.6. The van der Waals surface area contributed by atoms with Crippen molar-refractivity contribution in [3.63, 3.8) is 0 Å². The Kier molecular flexibility index (Phi) is 2.62. The van der Waals surface area contributed by atoms with Crippen molar-refractivity contribution in [2.75, 3.05) is 0 Å². The van der Waals surface area contributed by atoms with Crippen LogP contribution in [0.25, 0.3) is 0 Å².